The molecule has 4 rings (SSSR count). The van der Waals surface area contributed by atoms with E-state index < -0.39 is 6.55 Å². The zero-order valence-electron chi connectivity index (χ0n) is 15.5. The van der Waals surface area contributed by atoms with Crippen LogP contribution in [0.4, 0.5) is 19.6 Å². The largest absolute Gasteiger partial charge is 0.497 e. The molecule has 10 heteroatoms. The third kappa shape index (κ3) is 4.18. The van der Waals surface area contributed by atoms with Gasteiger partial charge in [-0.25, -0.2) is 4.98 Å². The Kier molecular flexibility index (Phi) is 5.63. The van der Waals surface area contributed by atoms with Crippen LogP contribution in [0, 0.1) is 0 Å². The first-order valence-electron chi connectivity index (χ1n) is 8.71. The number of ether oxygens (including phenoxy) is 1. The van der Waals surface area contributed by atoms with Crippen LogP contribution in [-0.2, 0) is 0 Å². The number of halogens is 2. The van der Waals surface area contributed by atoms with Gasteiger partial charge in [0.05, 0.1) is 23.4 Å². The molecule has 2 heterocycles. The van der Waals surface area contributed by atoms with Gasteiger partial charge in [-0.05, 0) is 31.2 Å². The number of benzene rings is 2. The maximum atomic E-state index is 13.7. The molecular weight excluding hydrogens is 416 g/mol. The number of para-hydroxylation sites is 2. The molecule has 1 unspecified atom stereocenters. The molecule has 0 spiro atoms. The monoisotopic (exact) mass is 433 g/mol. The smallest absolute Gasteiger partial charge is 0.320 e. The summed E-state index contributed by atoms with van der Waals surface area (Å²) in [4.78, 5) is 4.41. The minimum Gasteiger partial charge on any atom is -0.497 e. The highest BCUT2D eigenvalue weighted by atomic mass is 32.2. The molecule has 4 aromatic rings. The molecule has 1 atom stereocenters. The van der Waals surface area contributed by atoms with Crippen molar-refractivity contribution in [3.05, 3.63) is 54.4 Å². The standard InChI is InChI=1S/C19H17F2N5OS2/c1-11(16-23-14-8-3-4-9-15(14)26(16)17(20)21)28-19-25-24-18(29-19)22-12-6-5-7-13(10-12)27-2/h3-11,17H,1-2H3,(H,22,24). The Hall–Kier alpha value is -2.72. The van der Waals surface area contributed by atoms with Crippen LogP contribution in [0.5, 0.6) is 5.75 Å². The number of anilines is 2. The lowest BCUT2D eigenvalue weighted by molar-refractivity contribution is 0.0715. The number of imidazole rings is 1. The Morgan fingerprint density at radius 3 is 2.76 bits per heavy atom. The van der Waals surface area contributed by atoms with Gasteiger partial charge in [0, 0.05) is 11.8 Å². The van der Waals surface area contributed by atoms with E-state index in [9.17, 15) is 8.78 Å². The van der Waals surface area contributed by atoms with Crippen molar-refractivity contribution in [2.24, 2.45) is 0 Å². The molecule has 2 aromatic heterocycles. The van der Waals surface area contributed by atoms with Gasteiger partial charge in [-0.15, -0.1) is 10.2 Å². The lowest BCUT2D eigenvalue weighted by Gasteiger charge is -2.12. The van der Waals surface area contributed by atoms with Gasteiger partial charge >= 0.3 is 6.55 Å². The summed E-state index contributed by atoms with van der Waals surface area (Å²) >= 11 is 2.70. The Bertz CT molecular complexity index is 1130. The minimum absolute atomic E-state index is 0.309. The maximum Gasteiger partial charge on any atom is 0.320 e. The van der Waals surface area contributed by atoms with Gasteiger partial charge < -0.3 is 10.1 Å². The van der Waals surface area contributed by atoms with Crippen LogP contribution in [0.1, 0.15) is 24.5 Å². The van der Waals surface area contributed by atoms with Gasteiger partial charge in [-0.2, -0.15) is 8.78 Å². The van der Waals surface area contributed by atoms with Crippen LogP contribution in [0.15, 0.2) is 52.9 Å². The van der Waals surface area contributed by atoms with Crippen molar-refractivity contribution in [1.29, 1.82) is 0 Å². The molecule has 0 saturated heterocycles. The quantitative estimate of drug-likeness (QED) is 0.367. The highest BCUT2D eigenvalue weighted by Crippen LogP contribution is 2.39. The van der Waals surface area contributed by atoms with Gasteiger partial charge in [-0.3, -0.25) is 4.57 Å². The van der Waals surface area contributed by atoms with E-state index >= 15 is 0 Å². The summed E-state index contributed by atoms with van der Waals surface area (Å²) in [5, 5.41) is 11.8. The van der Waals surface area contributed by atoms with Crippen LogP contribution in [0.3, 0.4) is 0 Å². The summed E-state index contributed by atoms with van der Waals surface area (Å²) < 4.78 is 34.2. The molecule has 0 bridgehead atoms. The SMILES string of the molecule is COc1cccc(Nc2nnc(SC(C)c3nc4ccccc4n3C(F)F)s2)c1. The van der Waals surface area contributed by atoms with Crippen molar-refractivity contribution in [2.75, 3.05) is 12.4 Å². The Morgan fingerprint density at radius 2 is 1.97 bits per heavy atom. The molecule has 6 nitrogen and oxygen atoms in total. The topological polar surface area (TPSA) is 64.9 Å². The number of nitrogens with one attached hydrogen (secondary N) is 1. The van der Waals surface area contributed by atoms with E-state index in [4.69, 9.17) is 4.74 Å². The van der Waals surface area contributed by atoms with Crippen LogP contribution in [0.25, 0.3) is 11.0 Å². The second-order valence-electron chi connectivity index (χ2n) is 6.10. The van der Waals surface area contributed by atoms with Crippen molar-refractivity contribution >= 4 is 45.0 Å². The second kappa shape index (κ2) is 8.34. The summed E-state index contributed by atoms with van der Waals surface area (Å²) in [5.74, 6) is 1.04. The molecule has 29 heavy (non-hydrogen) atoms. The minimum atomic E-state index is -2.67. The predicted octanol–water partition coefficient (Wildman–Crippen LogP) is 5.89. The first-order valence-corrected chi connectivity index (χ1v) is 10.4. The molecule has 150 valence electrons. The van der Waals surface area contributed by atoms with Crippen molar-refractivity contribution in [2.45, 2.75) is 23.1 Å². The zero-order chi connectivity index (χ0) is 20.4. The Morgan fingerprint density at radius 1 is 1.14 bits per heavy atom. The molecule has 0 saturated carbocycles. The number of hydrogen-bond donors (Lipinski definition) is 1. The summed E-state index contributed by atoms with van der Waals surface area (Å²) in [6, 6.07) is 14.4. The van der Waals surface area contributed by atoms with E-state index in [0.29, 0.717) is 26.3 Å². The van der Waals surface area contributed by atoms with Crippen LogP contribution in [0.2, 0.25) is 0 Å². The number of methoxy groups -OCH3 is 1. The zero-order valence-corrected chi connectivity index (χ0v) is 17.2. The fourth-order valence-corrected chi connectivity index (χ4v) is 4.91. The lowest BCUT2D eigenvalue weighted by Crippen LogP contribution is -2.06. The van der Waals surface area contributed by atoms with Crippen LogP contribution in [-0.4, -0.2) is 26.9 Å². The molecule has 1 N–H and O–H groups in total. The Balaban J connectivity index is 1.53. The van der Waals surface area contributed by atoms with E-state index in [0.717, 1.165) is 16.0 Å². The number of alkyl halides is 2. The highest BCUT2D eigenvalue weighted by Gasteiger charge is 2.23. The van der Waals surface area contributed by atoms with E-state index in [1.165, 1.54) is 23.1 Å². The number of thioether (sulfide) groups is 1. The highest BCUT2D eigenvalue weighted by molar-refractivity contribution is 8.01. The average molecular weight is 434 g/mol. The number of rotatable bonds is 7. The Labute approximate surface area is 173 Å². The van der Waals surface area contributed by atoms with E-state index in [2.05, 4.69) is 20.5 Å². The number of hydrogen-bond acceptors (Lipinski definition) is 7. The molecule has 2 aromatic carbocycles. The van der Waals surface area contributed by atoms with Crippen molar-refractivity contribution < 1.29 is 13.5 Å². The van der Waals surface area contributed by atoms with Gasteiger partial charge in [0.2, 0.25) is 5.13 Å². The van der Waals surface area contributed by atoms with E-state index in [1.807, 2.05) is 31.2 Å². The molecule has 0 amide bonds. The third-order valence-electron chi connectivity index (χ3n) is 4.19. The first kappa shape index (κ1) is 19.6. The molecule has 0 radical (unpaired) electrons. The number of aromatic nitrogens is 4. The molecule has 0 aliphatic rings. The maximum absolute atomic E-state index is 13.7. The van der Waals surface area contributed by atoms with Crippen molar-refractivity contribution in [3.63, 3.8) is 0 Å². The van der Waals surface area contributed by atoms with Gasteiger partial charge in [0.1, 0.15) is 11.6 Å². The summed E-state index contributed by atoms with van der Waals surface area (Å²) in [7, 11) is 1.60. The van der Waals surface area contributed by atoms with Crippen molar-refractivity contribution in [1.82, 2.24) is 19.7 Å². The normalized spacial score (nSPS) is 12.4. The van der Waals surface area contributed by atoms with Crippen LogP contribution >= 0.6 is 23.1 Å². The van der Waals surface area contributed by atoms with E-state index in [1.54, 1.807) is 31.4 Å². The molecular formula is C19H17F2N5OS2. The molecule has 0 fully saturated rings. The summed E-state index contributed by atoms with van der Waals surface area (Å²) in [5.41, 5.74) is 1.79. The van der Waals surface area contributed by atoms with Gasteiger partial charge in [0.15, 0.2) is 4.34 Å². The average Bonchev–Trinajstić information content (AvgIpc) is 3.32. The summed E-state index contributed by atoms with van der Waals surface area (Å²) in [6.07, 6.45) is 0. The first-order chi connectivity index (χ1) is 14.0. The number of fused-ring (bicyclic) bond motifs is 1. The lowest BCUT2D eigenvalue weighted by atomic mass is 10.3. The van der Waals surface area contributed by atoms with Crippen LogP contribution < -0.4 is 10.1 Å². The fraction of sp³-hybridized carbons (Fsp3) is 0.211. The predicted molar refractivity (Wildman–Crippen MR) is 111 cm³/mol. The van der Waals surface area contributed by atoms with Gasteiger partial charge in [-0.1, -0.05) is 41.3 Å². The van der Waals surface area contributed by atoms with Gasteiger partial charge in [0.25, 0.3) is 0 Å². The second-order valence-corrected chi connectivity index (χ2v) is 8.66. The molecule has 0 aliphatic heterocycles. The van der Waals surface area contributed by atoms with Crippen molar-refractivity contribution in [3.8, 4) is 5.75 Å². The summed E-state index contributed by atoms with van der Waals surface area (Å²) in [6.45, 7) is -0.832. The number of nitrogens with zero attached hydrogens (tertiary/aromatic N) is 4. The molecule has 0 aliphatic carbocycles. The third-order valence-corrected chi connectivity index (χ3v) is 6.21. The fourth-order valence-electron chi connectivity index (χ4n) is 2.89. The van der Waals surface area contributed by atoms with E-state index in [-0.39, 0.29) is 5.25 Å².